The average Bonchev–Trinajstić information content (AvgIpc) is 3.28. The lowest BCUT2D eigenvalue weighted by Crippen LogP contribution is -2.44. The zero-order valence-corrected chi connectivity index (χ0v) is 14.0. The molecule has 3 unspecified atom stereocenters. The second kappa shape index (κ2) is 5.72. The molecule has 4 rings (SSSR count). The summed E-state index contributed by atoms with van der Waals surface area (Å²) in [6, 6.07) is -0.129. The molecule has 0 aromatic carbocycles. The maximum absolute atomic E-state index is 12.6. The Morgan fingerprint density at radius 2 is 1.96 bits per heavy atom. The van der Waals surface area contributed by atoms with Crippen LogP contribution in [0.3, 0.4) is 0 Å². The summed E-state index contributed by atoms with van der Waals surface area (Å²) in [5, 5.41) is 2.86. The number of likely N-dealkylation sites (tertiary alicyclic amines) is 1. The molecule has 0 aromatic heterocycles. The van der Waals surface area contributed by atoms with Crippen molar-refractivity contribution in [3.8, 4) is 0 Å². The minimum Gasteiger partial charge on any atom is -0.342 e. The average molecular weight is 334 g/mol. The predicted molar refractivity (Wildman–Crippen MR) is 86.8 cm³/mol. The lowest BCUT2D eigenvalue weighted by atomic mass is 9.98. The first-order chi connectivity index (χ1) is 11.5. The summed E-state index contributed by atoms with van der Waals surface area (Å²) in [5.41, 5.74) is 5.43. The molecule has 0 radical (unpaired) electrons. The normalized spacial score (nSPS) is 34.3. The highest BCUT2D eigenvalue weighted by Gasteiger charge is 2.52. The van der Waals surface area contributed by atoms with E-state index in [1.54, 1.807) is 0 Å². The first kappa shape index (κ1) is 15.9. The van der Waals surface area contributed by atoms with Crippen LogP contribution in [0.4, 0.5) is 4.79 Å². The minimum atomic E-state index is -0.683. The van der Waals surface area contributed by atoms with Crippen LogP contribution in [-0.4, -0.2) is 58.9 Å². The van der Waals surface area contributed by atoms with Gasteiger partial charge in [-0.15, -0.1) is 0 Å². The summed E-state index contributed by atoms with van der Waals surface area (Å²) in [6.45, 7) is 1.69. The molecule has 4 fully saturated rings. The highest BCUT2D eigenvalue weighted by atomic mass is 16.2. The van der Waals surface area contributed by atoms with E-state index in [0.717, 1.165) is 51.6 Å². The smallest absolute Gasteiger partial charge is 0.325 e. The maximum atomic E-state index is 12.6. The Balaban J connectivity index is 1.33. The molecule has 1 spiro atoms. The number of hydrogen-bond acceptors (Lipinski definition) is 4. The molecule has 2 saturated carbocycles. The second-order valence-corrected chi connectivity index (χ2v) is 7.89. The highest BCUT2D eigenvalue weighted by Crippen LogP contribution is 2.38. The van der Waals surface area contributed by atoms with Gasteiger partial charge in [-0.25, -0.2) is 4.79 Å². The van der Waals surface area contributed by atoms with E-state index in [9.17, 15) is 14.4 Å². The molecule has 3 atom stereocenters. The largest absolute Gasteiger partial charge is 0.342 e. The molecule has 2 aliphatic carbocycles. The van der Waals surface area contributed by atoms with Crippen LogP contribution in [0.2, 0.25) is 0 Å². The van der Waals surface area contributed by atoms with Crippen LogP contribution in [-0.2, 0) is 9.59 Å². The zero-order valence-electron chi connectivity index (χ0n) is 14.0. The van der Waals surface area contributed by atoms with Gasteiger partial charge in [0, 0.05) is 32.1 Å². The number of nitrogens with two attached hydrogens (primary N) is 1. The topological polar surface area (TPSA) is 95.7 Å². The number of nitrogens with one attached hydrogen (secondary N) is 1. The van der Waals surface area contributed by atoms with Gasteiger partial charge < -0.3 is 16.0 Å². The monoisotopic (exact) mass is 334 g/mol. The summed E-state index contributed by atoms with van der Waals surface area (Å²) in [6.07, 6.45) is 5.74. The van der Waals surface area contributed by atoms with E-state index in [0.29, 0.717) is 11.8 Å². The van der Waals surface area contributed by atoms with Gasteiger partial charge in [0.2, 0.25) is 5.91 Å². The van der Waals surface area contributed by atoms with Gasteiger partial charge in [-0.2, -0.15) is 0 Å². The molecule has 132 valence electrons. The molecule has 2 heterocycles. The lowest BCUT2D eigenvalue weighted by Gasteiger charge is -2.21. The van der Waals surface area contributed by atoms with Crippen LogP contribution >= 0.6 is 0 Å². The minimum absolute atomic E-state index is 0.0320. The number of hydrogen-bond donors (Lipinski definition) is 2. The summed E-state index contributed by atoms with van der Waals surface area (Å²) in [5.74, 6) is 0.845. The summed E-state index contributed by atoms with van der Waals surface area (Å²) in [7, 11) is 0. The van der Waals surface area contributed by atoms with E-state index in [4.69, 9.17) is 5.73 Å². The standard InChI is InChI=1S/C17H26N4O3/c18-13-4-3-11-9-20(10-12(11)13)14(22)5-8-21-15(23)17(19-16(21)24)6-1-2-7-17/h11-13H,1-10,18H2,(H,19,24). The van der Waals surface area contributed by atoms with E-state index in [2.05, 4.69) is 5.32 Å². The van der Waals surface area contributed by atoms with Gasteiger partial charge in [0.15, 0.2) is 0 Å². The van der Waals surface area contributed by atoms with E-state index in [-0.39, 0.29) is 36.9 Å². The van der Waals surface area contributed by atoms with Crippen molar-refractivity contribution in [2.24, 2.45) is 17.6 Å². The summed E-state index contributed by atoms with van der Waals surface area (Å²) >= 11 is 0. The Morgan fingerprint density at radius 1 is 1.21 bits per heavy atom. The van der Waals surface area contributed by atoms with E-state index >= 15 is 0 Å². The molecule has 3 N–H and O–H groups in total. The zero-order chi connectivity index (χ0) is 16.9. The molecule has 24 heavy (non-hydrogen) atoms. The third-order valence-electron chi connectivity index (χ3n) is 6.52. The number of carbonyl (C=O) groups excluding carboxylic acids is 3. The van der Waals surface area contributed by atoms with Crippen molar-refractivity contribution in [1.82, 2.24) is 15.1 Å². The Hall–Kier alpha value is -1.63. The first-order valence-electron chi connectivity index (χ1n) is 9.18. The molecule has 2 saturated heterocycles. The molecular weight excluding hydrogens is 308 g/mol. The number of imide groups is 1. The predicted octanol–water partition coefficient (Wildman–Crippen LogP) is 0.437. The number of carbonyl (C=O) groups is 3. The Labute approximate surface area is 141 Å². The SMILES string of the molecule is NC1CCC2CN(C(=O)CCN3C(=O)NC4(CCCC4)C3=O)CC12. The van der Waals surface area contributed by atoms with E-state index in [1.165, 1.54) is 4.90 Å². The van der Waals surface area contributed by atoms with Gasteiger partial charge >= 0.3 is 6.03 Å². The quantitative estimate of drug-likeness (QED) is 0.732. The van der Waals surface area contributed by atoms with Crippen LogP contribution in [0.25, 0.3) is 0 Å². The van der Waals surface area contributed by atoms with Gasteiger partial charge in [0.1, 0.15) is 5.54 Å². The van der Waals surface area contributed by atoms with E-state index < -0.39 is 5.54 Å². The number of nitrogens with zero attached hydrogens (tertiary/aromatic N) is 2. The van der Waals surface area contributed by atoms with Crippen molar-refractivity contribution < 1.29 is 14.4 Å². The maximum Gasteiger partial charge on any atom is 0.325 e. The fourth-order valence-corrected chi connectivity index (χ4v) is 5.07. The molecule has 7 nitrogen and oxygen atoms in total. The molecular formula is C17H26N4O3. The summed E-state index contributed by atoms with van der Waals surface area (Å²) in [4.78, 5) is 40.3. The van der Waals surface area contributed by atoms with Crippen LogP contribution in [0.15, 0.2) is 0 Å². The van der Waals surface area contributed by atoms with Gasteiger partial charge in [0.25, 0.3) is 5.91 Å². The molecule has 2 aliphatic heterocycles. The van der Waals surface area contributed by atoms with Crippen LogP contribution < -0.4 is 11.1 Å². The van der Waals surface area contributed by atoms with Crippen LogP contribution in [0.5, 0.6) is 0 Å². The third-order valence-corrected chi connectivity index (χ3v) is 6.52. The molecule has 7 heteroatoms. The number of amides is 4. The van der Waals surface area contributed by atoms with Gasteiger partial charge in [-0.05, 0) is 37.5 Å². The van der Waals surface area contributed by atoms with Crippen molar-refractivity contribution in [3.05, 3.63) is 0 Å². The second-order valence-electron chi connectivity index (χ2n) is 7.89. The first-order valence-corrected chi connectivity index (χ1v) is 9.18. The summed E-state index contributed by atoms with van der Waals surface area (Å²) < 4.78 is 0. The van der Waals surface area contributed by atoms with Gasteiger partial charge in [0.05, 0.1) is 0 Å². The van der Waals surface area contributed by atoms with Crippen molar-refractivity contribution in [2.45, 2.75) is 56.5 Å². The fraction of sp³-hybridized carbons (Fsp3) is 0.824. The van der Waals surface area contributed by atoms with Crippen molar-refractivity contribution in [2.75, 3.05) is 19.6 Å². The highest BCUT2D eigenvalue weighted by molar-refractivity contribution is 6.07. The third kappa shape index (κ3) is 2.41. The Morgan fingerprint density at radius 3 is 2.67 bits per heavy atom. The van der Waals surface area contributed by atoms with Gasteiger partial charge in [-0.1, -0.05) is 12.8 Å². The van der Waals surface area contributed by atoms with Crippen molar-refractivity contribution in [3.63, 3.8) is 0 Å². The van der Waals surface area contributed by atoms with E-state index in [1.807, 2.05) is 4.90 Å². The van der Waals surface area contributed by atoms with Crippen LogP contribution in [0, 0.1) is 11.8 Å². The Bertz CT molecular complexity index is 572. The molecule has 0 bridgehead atoms. The molecule has 0 aromatic rings. The fourth-order valence-electron chi connectivity index (χ4n) is 5.07. The molecule has 4 amide bonds. The van der Waals surface area contributed by atoms with Crippen LogP contribution in [0.1, 0.15) is 44.9 Å². The molecule has 4 aliphatic rings. The lowest BCUT2D eigenvalue weighted by molar-refractivity contribution is -0.133. The number of rotatable bonds is 3. The number of urea groups is 1. The van der Waals surface area contributed by atoms with Gasteiger partial charge in [-0.3, -0.25) is 14.5 Å². The van der Waals surface area contributed by atoms with Crippen molar-refractivity contribution >= 4 is 17.8 Å². The Kier molecular flexibility index (Phi) is 3.78. The van der Waals surface area contributed by atoms with Crippen molar-refractivity contribution in [1.29, 1.82) is 0 Å². The number of fused-ring (bicyclic) bond motifs is 1.